The first kappa shape index (κ1) is 15.0. The molecule has 0 atom stereocenters. The lowest BCUT2D eigenvalue weighted by Gasteiger charge is -2.28. The van der Waals surface area contributed by atoms with E-state index >= 15 is 0 Å². The predicted octanol–water partition coefficient (Wildman–Crippen LogP) is 4.45. The Hall–Kier alpha value is -1.02. The first-order valence-corrected chi connectivity index (χ1v) is 9.67. The molecule has 1 rings (SSSR count). The normalized spacial score (nSPS) is 11.6. The van der Waals surface area contributed by atoms with Crippen LogP contribution >= 0.6 is 0 Å². The predicted molar refractivity (Wildman–Crippen MR) is 83.4 cm³/mol. The van der Waals surface area contributed by atoms with E-state index in [0.717, 1.165) is 25.2 Å². The average molecular weight is 262 g/mol. The summed E-state index contributed by atoms with van der Waals surface area (Å²) in [7, 11) is -0.700. The highest BCUT2D eigenvalue weighted by Gasteiger charge is 2.24. The van der Waals surface area contributed by atoms with E-state index in [1.165, 1.54) is 5.56 Å². The van der Waals surface area contributed by atoms with Crippen molar-refractivity contribution in [3.8, 4) is 5.75 Å². The molecule has 0 bridgehead atoms. The van der Waals surface area contributed by atoms with Crippen LogP contribution in [0.25, 0.3) is 0 Å². The van der Waals surface area contributed by atoms with E-state index in [2.05, 4.69) is 51.7 Å². The van der Waals surface area contributed by atoms with Crippen LogP contribution in [0.15, 0.2) is 36.9 Å². The second-order valence-electron chi connectivity index (χ2n) is 5.87. The Kier molecular flexibility index (Phi) is 5.67. The summed E-state index contributed by atoms with van der Waals surface area (Å²) < 4.78 is 6.06. The molecule has 1 aromatic rings. The van der Waals surface area contributed by atoms with Crippen molar-refractivity contribution in [2.45, 2.75) is 44.8 Å². The van der Waals surface area contributed by atoms with Crippen LogP contribution in [0, 0.1) is 0 Å². The fourth-order valence-corrected chi connectivity index (χ4v) is 1.96. The number of ether oxygens (including phenoxy) is 1. The van der Waals surface area contributed by atoms with Gasteiger partial charge in [0, 0.05) is 8.80 Å². The molecular weight excluding hydrogens is 236 g/mol. The maximum atomic E-state index is 6.06. The van der Waals surface area contributed by atoms with E-state index in [4.69, 9.17) is 4.74 Å². The summed E-state index contributed by atoms with van der Waals surface area (Å²) in [5.41, 5.74) is 1.29. The van der Waals surface area contributed by atoms with Crippen molar-refractivity contribution in [1.82, 2.24) is 0 Å². The zero-order valence-electron chi connectivity index (χ0n) is 12.2. The van der Waals surface area contributed by atoms with Crippen molar-refractivity contribution in [3.63, 3.8) is 0 Å². The highest BCUT2D eigenvalue weighted by atomic mass is 28.3. The lowest BCUT2D eigenvalue weighted by atomic mass is 10.1. The molecule has 1 aromatic carbocycles. The number of hydrogen-bond donors (Lipinski definition) is 0. The third-order valence-corrected chi connectivity index (χ3v) is 7.05. The first-order valence-electron chi connectivity index (χ1n) is 6.79. The highest BCUT2D eigenvalue weighted by molar-refractivity contribution is 6.59. The standard InChI is InChI=1S/C16H26OSi/c1-6-7-10-14-11-8-9-12-15(14)17-13-16(2,3)18(4)5/h6,8-9,11-12,18H,1,7,10,13H2,2-5H3. The molecule has 2 heteroatoms. The maximum Gasteiger partial charge on any atom is 0.122 e. The summed E-state index contributed by atoms with van der Waals surface area (Å²) >= 11 is 0. The lowest BCUT2D eigenvalue weighted by Crippen LogP contribution is -2.27. The molecule has 18 heavy (non-hydrogen) atoms. The highest BCUT2D eigenvalue weighted by Crippen LogP contribution is 2.30. The van der Waals surface area contributed by atoms with Crippen molar-refractivity contribution >= 4 is 8.80 Å². The van der Waals surface area contributed by atoms with Gasteiger partial charge in [-0.3, -0.25) is 0 Å². The van der Waals surface area contributed by atoms with Crippen LogP contribution in [0.4, 0.5) is 0 Å². The van der Waals surface area contributed by atoms with Crippen molar-refractivity contribution in [1.29, 1.82) is 0 Å². The Morgan fingerprint density at radius 1 is 1.28 bits per heavy atom. The Bertz CT molecular complexity index is 382. The zero-order chi connectivity index (χ0) is 13.6. The van der Waals surface area contributed by atoms with Crippen molar-refractivity contribution < 1.29 is 4.74 Å². The van der Waals surface area contributed by atoms with Gasteiger partial charge in [0.25, 0.3) is 0 Å². The molecular formula is C16H26OSi. The van der Waals surface area contributed by atoms with Crippen molar-refractivity contribution in [2.24, 2.45) is 0 Å². The smallest absolute Gasteiger partial charge is 0.122 e. The maximum absolute atomic E-state index is 6.06. The molecule has 0 unspecified atom stereocenters. The van der Waals surface area contributed by atoms with Gasteiger partial charge < -0.3 is 4.74 Å². The molecule has 0 aromatic heterocycles. The van der Waals surface area contributed by atoms with Crippen molar-refractivity contribution in [3.05, 3.63) is 42.5 Å². The zero-order valence-corrected chi connectivity index (χ0v) is 13.4. The van der Waals surface area contributed by atoms with E-state index in [1.54, 1.807) is 0 Å². The van der Waals surface area contributed by atoms with E-state index in [1.807, 2.05) is 12.1 Å². The minimum absolute atomic E-state index is 0.339. The van der Waals surface area contributed by atoms with E-state index in [-0.39, 0.29) is 0 Å². The summed E-state index contributed by atoms with van der Waals surface area (Å²) in [6.07, 6.45) is 3.98. The molecule has 0 fully saturated rings. The summed E-state index contributed by atoms with van der Waals surface area (Å²) in [5, 5.41) is 0.339. The minimum atomic E-state index is -0.700. The minimum Gasteiger partial charge on any atom is -0.493 e. The van der Waals surface area contributed by atoms with Gasteiger partial charge in [0.1, 0.15) is 5.75 Å². The van der Waals surface area contributed by atoms with Crippen LogP contribution in [0.3, 0.4) is 0 Å². The number of hydrogen-bond acceptors (Lipinski definition) is 1. The SMILES string of the molecule is C=CCCc1ccccc1OCC(C)(C)[SiH](C)C. The molecule has 0 N–H and O–H groups in total. The van der Waals surface area contributed by atoms with Crippen molar-refractivity contribution in [2.75, 3.05) is 6.61 Å². The molecule has 0 radical (unpaired) electrons. The van der Waals surface area contributed by atoms with Gasteiger partial charge in [0.15, 0.2) is 0 Å². The third-order valence-electron chi connectivity index (χ3n) is 3.75. The van der Waals surface area contributed by atoms with E-state index in [0.29, 0.717) is 5.04 Å². The number of allylic oxidation sites excluding steroid dienone is 1. The molecule has 0 aliphatic rings. The van der Waals surface area contributed by atoms with Gasteiger partial charge in [0.2, 0.25) is 0 Å². The molecule has 0 spiro atoms. The van der Waals surface area contributed by atoms with Crippen LogP contribution in [-0.4, -0.2) is 15.4 Å². The molecule has 0 aliphatic carbocycles. The fraction of sp³-hybridized carbons (Fsp3) is 0.500. The molecule has 1 nitrogen and oxygen atoms in total. The Morgan fingerprint density at radius 3 is 2.56 bits per heavy atom. The van der Waals surface area contributed by atoms with Crippen LogP contribution in [0.1, 0.15) is 25.8 Å². The average Bonchev–Trinajstić information content (AvgIpc) is 2.34. The quantitative estimate of drug-likeness (QED) is 0.521. The number of rotatable bonds is 7. The van der Waals surface area contributed by atoms with Crippen LogP contribution in [0.2, 0.25) is 18.1 Å². The van der Waals surface area contributed by atoms with Gasteiger partial charge in [-0.05, 0) is 29.5 Å². The summed E-state index contributed by atoms with van der Waals surface area (Å²) in [5.74, 6) is 1.04. The summed E-state index contributed by atoms with van der Waals surface area (Å²) in [6.45, 7) is 14.0. The first-order chi connectivity index (χ1) is 8.47. The summed E-state index contributed by atoms with van der Waals surface area (Å²) in [4.78, 5) is 0. The third kappa shape index (κ3) is 4.34. The lowest BCUT2D eigenvalue weighted by molar-refractivity contribution is 0.274. The molecule has 100 valence electrons. The van der Waals surface area contributed by atoms with Gasteiger partial charge in [0.05, 0.1) is 6.61 Å². The van der Waals surface area contributed by atoms with Gasteiger partial charge in [-0.15, -0.1) is 6.58 Å². The number of aryl methyl sites for hydroxylation is 1. The second kappa shape index (κ2) is 6.79. The molecule has 0 heterocycles. The fourth-order valence-electron chi connectivity index (χ4n) is 1.54. The molecule has 0 aliphatic heterocycles. The van der Waals surface area contributed by atoms with Gasteiger partial charge in [-0.2, -0.15) is 0 Å². The largest absolute Gasteiger partial charge is 0.493 e. The van der Waals surface area contributed by atoms with Gasteiger partial charge >= 0.3 is 0 Å². The summed E-state index contributed by atoms with van der Waals surface area (Å²) in [6, 6.07) is 8.36. The second-order valence-corrected chi connectivity index (χ2v) is 9.74. The van der Waals surface area contributed by atoms with E-state index < -0.39 is 8.80 Å². The Balaban J connectivity index is 2.69. The topological polar surface area (TPSA) is 9.23 Å². The Labute approximate surface area is 113 Å². The molecule has 0 saturated heterocycles. The van der Waals surface area contributed by atoms with E-state index in [9.17, 15) is 0 Å². The van der Waals surface area contributed by atoms with Gasteiger partial charge in [-0.25, -0.2) is 0 Å². The Morgan fingerprint density at radius 2 is 1.94 bits per heavy atom. The van der Waals surface area contributed by atoms with Crippen LogP contribution in [0.5, 0.6) is 5.75 Å². The molecule has 0 amide bonds. The monoisotopic (exact) mass is 262 g/mol. The number of para-hydroxylation sites is 1. The van der Waals surface area contributed by atoms with Crippen LogP contribution < -0.4 is 4.74 Å². The number of benzene rings is 1. The molecule has 0 saturated carbocycles. The van der Waals surface area contributed by atoms with Gasteiger partial charge in [-0.1, -0.05) is 51.2 Å². The van der Waals surface area contributed by atoms with Crippen LogP contribution in [-0.2, 0) is 6.42 Å².